The Balaban J connectivity index is 0.00000261. The number of aliphatic imine (C=N–C) groups is 1. The van der Waals surface area contributed by atoms with E-state index in [2.05, 4.69) is 21.7 Å². The largest absolute Gasteiger partial charge is 0.356 e. The highest BCUT2D eigenvalue weighted by Crippen LogP contribution is 2.21. The van der Waals surface area contributed by atoms with Crippen LogP contribution in [0.15, 0.2) is 40.9 Å². The van der Waals surface area contributed by atoms with Crippen molar-refractivity contribution in [3.8, 4) is 0 Å². The molecule has 7 heteroatoms. The number of nitrogens with zero attached hydrogens (tertiary/aromatic N) is 2. The number of hydrogen-bond acceptors (Lipinski definition) is 3. The molecule has 1 heterocycles. The number of carbonyl (C=O) groups excluding carboxylic acids is 2. The molecule has 0 bridgehead atoms. The maximum Gasteiger partial charge on any atom is 0.261 e. The number of carbonyl (C=O) groups is 2. The Kier molecular flexibility index (Phi) is 8.27. The van der Waals surface area contributed by atoms with Crippen LogP contribution in [-0.2, 0) is 0 Å². The summed E-state index contributed by atoms with van der Waals surface area (Å²) in [6, 6.07) is 6.95. The zero-order valence-electron chi connectivity index (χ0n) is 15.7. The smallest absolute Gasteiger partial charge is 0.261 e. The Labute approximate surface area is 177 Å². The predicted octanol–water partition coefficient (Wildman–Crippen LogP) is 2.96. The number of benzene rings is 1. The Morgan fingerprint density at radius 1 is 1.07 bits per heavy atom. The molecule has 2 aliphatic rings. The average Bonchev–Trinajstić information content (AvgIpc) is 2.92. The van der Waals surface area contributed by atoms with E-state index >= 15 is 0 Å². The lowest BCUT2D eigenvalue weighted by molar-refractivity contribution is 0.0657. The Hall–Kier alpha value is -1.90. The summed E-state index contributed by atoms with van der Waals surface area (Å²) in [5.41, 5.74) is 2.49. The van der Waals surface area contributed by atoms with E-state index in [9.17, 15) is 9.59 Å². The van der Waals surface area contributed by atoms with Crippen LogP contribution in [0.25, 0.3) is 0 Å². The van der Waals surface area contributed by atoms with E-state index in [1.165, 1.54) is 36.2 Å². The van der Waals surface area contributed by atoms with Crippen LogP contribution < -0.4 is 10.6 Å². The molecule has 1 aliphatic heterocycles. The number of halogens is 1. The molecule has 1 aliphatic carbocycles. The standard InChI is InChI=1S/C20H26N4O2.HI/c1-21-20(22-12-11-15-7-3-2-4-8-15)23-13-14-24-18(25)16-9-5-6-10-17(16)19(24)26;/h5-7,9-10H,2-4,8,11-14H2,1H3,(H2,21,22,23);1H. The van der Waals surface area contributed by atoms with Crippen molar-refractivity contribution in [2.24, 2.45) is 4.99 Å². The van der Waals surface area contributed by atoms with Gasteiger partial charge in [-0.15, -0.1) is 24.0 Å². The number of rotatable bonds is 6. The lowest BCUT2D eigenvalue weighted by Crippen LogP contribution is -2.43. The zero-order chi connectivity index (χ0) is 18.4. The van der Waals surface area contributed by atoms with Crippen LogP contribution in [0.4, 0.5) is 0 Å². The number of fused-ring (bicyclic) bond motifs is 1. The summed E-state index contributed by atoms with van der Waals surface area (Å²) in [6.07, 6.45) is 8.37. The van der Waals surface area contributed by atoms with E-state index in [1.54, 1.807) is 31.3 Å². The minimum Gasteiger partial charge on any atom is -0.356 e. The van der Waals surface area contributed by atoms with E-state index in [0.717, 1.165) is 13.0 Å². The van der Waals surface area contributed by atoms with Crippen LogP contribution in [0.3, 0.4) is 0 Å². The van der Waals surface area contributed by atoms with E-state index in [4.69, 9.17) is 0 Å². The van der Waals surface area contributed by atoms with E-state index in [0.29, 0.717) is 30.2 Å². The molecule has 1 aromatic rings. The monoisotopic (exact) mass is 482 g/mol. The minimum atomic E-state index is -0.223. The fourth-order valence-electron chi connectivity index (χ4n) is 3.42. The number of guanidine groups is 1. The van der Waals surface area contributed by atoms with Crippen molar-refractivity contribution < 1.29 is 9.59 Å². The highest BCUT2D eigenvalue weighted by molar-refractivity contribution is 14.0. The number of allylic oxidation sites excluding steroid dienone is 1. The summed E-state index contributed by atoms with van der Waals surface area (Å²) in [4.78, 5) is 30.1. The molecule has 0 saturated carbocycles. The molecule has 0 aromatic heterocycles. The van der Waals surface area contributed by atoms with Gasteiger partial charge in [0.1, 0.15) is 0 Å². The van der Waals surface area contributed by atoms with Gasteiger partial charge in [-0.2, -0.15) is 0 Å². The molecule has 0 unspecified atom stereocenters. The van der Waals surface area contributed by atoms with Gasteiger partial charge in [-0.1, -0.05) is 23.8 Å². The normalized spacial score (nSPS) is 16.6. The maximum atomic E-state index is 12.3. The number of nitrogens with one attached hydrogen (secondary N) is 2. The maximum absolute atomic E-state index is 12.3. The molecule has 0 atom stereocenters. The zero-order valence-corrected chi connectivity index (χ0v) is 18.0. The topological polar surface area (TPSA) is 73.8 Å². The first kappa shape index (κ1) is 21.4. The van der Waals surface area contributed by atoms with Crippen LogP contribution in [0, 0.1) is 0 Å². The van der Waals surface area contributed by atoms with Crippen molar-refractivity contribution in [3.05, 3.63) is 47.0 Å². The number of amides is 2. The summed E-state index contributed by atoms with van der Waals surface area (Å²) in [5.74, 6) is 0.247. The summed E-state index contributed by atoms with van der Waals surface area (Å²) in [5, 5.41) is 6.47. The van der Waals surface area contributed by atoms with Crippen LogP contribution in [0.5, 0.6) is 0 Å². The molecule has 27 heavy (non-hydrogen) atoms. The van der Waals surface area contributed by atoms with Crippen molar-refractivity contribution in [1.82, 2.24) is 15.5 Å². The fourth-order valence-corrected chi connectivity index (χ4v) is 3.42. The van der Waals surface area contributed by atoms with Gasteiger partial charge in [-0.25, -0.2) is 0 Å². The van der Waals surface area contributed by atoms with Gasteiger partial charge in [0.15, 0.2) is 5.96 Å². The molecule has 146 valence electrons. The SMILES string of the molecule is CN=C(NCCC1=CCCCC1)NCCN1C(=O)c2ccccc2C1=O.I. The molecule has 0 radical (unpaired) electrons. The van der Waals surface area contributed by atoms with Crippen molar-refractivity contribution in [2.45, 2.75) is 32.1 Å². The van der Waals surface area contributed by atoms with Gasteiger partial charge in [0.05, 0.1) is 11.1 Å². The summed E-state index contributed by atoms with van der Waals surface area (Å²) < 4.78 is 0. The highest BCUT2D eigenvalue weighted by atomic mass is 127. The first-order valence-corrected chi connectivity index (χ1v) is 9.28. The third-order valence-electron chi connectivity index (χ3n) is 4.85. The second kappa shape index (κ2) is 10.4. The third kappa shape index (κ3) is 5.31. The van der Waals surface area contributed by atoms with Gasteiger partial charge < -0.3 is 10.6 Å². The third-order valence-corrected chi connectivity index (χ3v) is 4.85. The van der Waals surface area contributed by atoms with Crippen LogP contribution in [0.1, 0.15) is 52.8 Å². The van der Waals surface area contributed by atoms with Crippen LogP contribution >= 0.6 is 24.0 Å². The van der Waals surface area contributed by atoms with Gasteiger partial charge in [-0.05, 0) is 44.2 Å². The van der Waals surface area contributed by atoms with Crippen molar-refractivity contribution in [2.75, 3.05) is 26.7 Å². The van der Waals surface area contributed by atoms with E-state index in [1.807, 2.05) is 0 Å². The summed E-state index contributed by atoms with van der Waals surface area (Å²) >= 11 is 0. The lowest BCUT2D eigenvalue weighted by atomic mass is 9.97. The van der Waals surface area contributed by atoms with E-state index < -0.39 is 0 Å². The van der Waals surface area contributed by atoms with Crippen molar-refractivity contribution in [1.29, 1.82) is 0 Å². The average molecular weight is 482 g/mol. The molecular formula is C20H27IN4O2. The molecule has 0 fully saturated rings. The lowest BCUT2D eigenvalue weighted by Gasteiger charge is -2.17. The van der Waals surface area contributed by atoms with Gasteiger partial charge in [-0.3, -0.25) is 19.5 Å². The number of imide groups is 1. The van der Waals surface area contributed by atoms with E-state index in [-0.39, 0.29) is 35.8 Å². The number of hydrogen-bond donors (Lipinski definition) is 2. The van der Waals surface area contributed by atoms with Crippen molar-refractivity contribution >= 4 is 41.8 Å². The van der Waals surface area contributed by atoms with Gasteiger partial charge >= 0.3 is 0 Å². The fraction of sp³-hybridized carbons (Fsp3) is 0.450. The van der Waals surface area contributed by atoms with Gasteiger partial charge in [0, 0.05) is 26.7 Å². The molecule has 2 amide bonds. The van der Waals surface area contributed by atoms with Crippen molar-refractivity contribution in [3.63, 3.8) is 0 Å². The molecule has 0 spiro atoms. The molecular weight excluding hydrogens is 455 g/mol. The minimum absolute atomic E-state index is 0. The predicted molar refractivity (Wildman–Crippen MR) is 118 cm³/mol. The highest BCUT2D eigenvalue weighted by Gasteiger charge is 2.34. The molecule has 6 nitrogen and oxygen atoms in total. The molecule has 1 aromatic carbocycles. The van der Waals surface area contributed by atoms with Crippen LogP contribution in [-0.4, -0.2) is 49.4 Å². The Morgan fingerprint density at radius 3 is 2.33 bits per heavy atom. The summed E-state index contributed by atoms with van der Waals surface area (Å²) in [7, 11) is 1.72. The summed E-state index contributed by atoms with van der Waals surface area (Å²) in [6.45, 7) is 1.62. The molecule has 3 rings (SSSR count). The Bertz CT molecular complexity index is 710. The quantitative estimate of drug-likeness (QED) is 0.215. The molecule has 2 N–H and O–H groups in total. The first-order valence-electron chi connectivity index (χ1n) is 9.28. The second-order valence-corrected chi connectivity index (χ2v) is 6.59. The molecule has 0 saturated heterocycles. The van der Waals surface area contributed by atoms with Gasteiger partial charge in [0.25, 0.3) is 11.8 Å². The van der Waals surface area contributed by atoms with Crippen LogP contribution in [0.2, 0.25) is 0 Å². The Morgan fingerprint density at radius 2 is 1.74 bits per heavy atom. The second-order valence-electron chi connectivity index (χ2n) is 6.59. The van der Waals surface area contributed by atoms with Gasteiger partial charge in [0.2, 0.25) is 0 Å². The first-order chi connectivity index (χ1) is 12.7.